The number of aliphatic hydroxyl groups is 1. The molecule has 2 heterocycles. The van der Waals surface area contributed by atoms with Gasteiger partial charge in [-0.3, -0.25) is 0 Å². The molecule has 0 amide bonds. The largest absolute Gasteiger partial charge is 0.444 e. The molecule has 142 valence electrons. The number of guanidine groups is 1. The van der Waals surface area contributed by atoms with Crippen molar-refractivity contribution >= 4 is 17.3 Å². The van der Waals surface area contributed by atoms with Gasteiger partial charge in [0.15, 0.2) is 5.96 Å². The minimum Gasteiger partial charge on any atom is -0.444 e. The van der Waals surface area contributed by atoms with Crippen molar-refractivity contribution in [2.45, 2.75) is 26.0 Å². The molecule has 27 heavy (non-hydrogen) atoms. The van der Waals surface area contributed by atoms with E-state index in [1.54, 1.807) is 24.5 Å². The van der Waals surface area contributed by atoms with Crippen LogP contribution in [0.5, 0.6) is 0 Å². The lowest BCUT2D eigenvalue weighted by Crippen LogP contribution is -2.44. The number of nitrogens with zero attached hydrogens (tertiary/aromatic N) is 2. The number of thiophene rings is 1. The number of aliphatic imine (C=N–C) groups is 1. The molecule has 0 fully saturated rings. The molecule has 7 heteroatoms. The predicted molar refractivity (Wildman–Crippen MR) is 109 cm³/mol. The maximum absolute atomic E-state index is 10.6. The Balaban J connectivity index is 1.63. The first-order valence-corrected chi connectivity index (χ1v) is 9.80. The molecular weight excluding hydrogens is 360 g/mol. The molecule has 2 aromatic heterocycles. The summed E-state index contributed by atoms with van der Waals surface area (Å²) in [5, 5.41) is 20.9. The van der Waals surface area contributed by atoms with Crippen molar-refractivity contribution in [1.82, 2.24) is 15.6 Å². The summed E-state index contributed by atoms with van der Waals surface area (Å²) >= 11 is 1.57. The van der Waals surface area contributed by atoms with Crippen LogP contribution in [0.1, 0.15) is 25.1 Å². The van der Waals surface area contributed by atoms with Crippen LogP contribution in [-0.2, 0) is 12.1 Å². The minimum absolute atomic E-state index is 0.351. The SMILES string of the molecule is CCNC(=NCc1coc(-c2ccccc2)n1)NCC(C)(O)c1ccsc1. The molecule has 6 nitrogen and oxygen atoms in total. The Morgan fingerprint density at radius 3 is 2.78 bits per heavy atom. The molecule has 0 saturated carbocycles. The fraction of sp³-hybridized carbons (Fsp3) is 0.300. The number of rotatable bonds is 7. The van der Waals surface area contributed by atoms with Gasteiger partial charge in [-0.15, -0.1) is 0 Å². The van der Waals surface area contributed by atoms with Gasteiger partial charge in [0.1, 0.15) is 17.6 Å². The molecule has 0 aliphatic rings. The lowest BCUT2D eigenvalue weighted by molar-refractivity contribution is 0.0621. The molecule has 0 bridgehead atoms. The fourth-order valence-electron chi connectivity index (χ4n) is 2.52. The number of oxazole rings is 1. The summed E-state index contributed by atoms with van der Waals surface area (Å²) < 4.78 is 5.55. The zero-order chi connectivity index (χ0) is 19.1. The third-order valence-corrected chi connectivity index (χ3v) is 4.74. The van der Waals surface area contributed by atoms with Gasteiger partial charge in [0.05, 0.1) is 13.1 Å². The number of hydrogen-bond donors (Lipinski definition) is 3. The van der Waals surface area contributed by atoms with E-state index in [-0.39, 0.29) is 0 Å². The van der Waals surface area contributed by atoms with Gasteiger partial charge in [-0.25, -0.2) is 9.98 Å². The second-order valence-corrected chi connectivity index (χ2v) is 7.12. The first-order chi connectivity index (χ1) is 13.1. The zero-order valence-corrected chi connectivity index (χ0v) is 16.3. The molecule has 3 N–H and O–H groups in total. The van der Waals surface area contributed by atoms with E-state index in [1.165, 1.54) is 0 Å². The highest BCUT2D eigenvalue weighted by Crippen LogP contribution is 2.22. The smallest absolute Gasteiger partial charge is 0.226 e. The quantitative estimate of drug-likeness (QED) is 0.430. The lowest BCUT2D eigenvalue weighted by atomic mass is 9.99. The minimum atomic E-state index is -0.968. The molecule has 0 aliphatic carbocycles. The van der Waals surface area contributed by atoms with Crippen LogP contribution in [0.25, 0.3) is 11.5 Å². The summed E-state index contributed by atoms with van der Waals surface area (Å²) in [6.07, 6.45) is 1.62. The Bertz CT molecular complexity index is 857. The van der Waals surface area contributed by atoms with Crippen molar-refractivity contribution in [2.24, 2.45) is 4.99 Å². The maximum Gasteiger partial charge on any atom is 0.226 e. The number of aromatic nitrogens is 1. The summed E-state index contributed by atoms with van der Waals surface area (Å²) in [5.74, 6) is 1.21. The summed E-state index contributed by atoms with van der Waals surface area (Å²) in [6, 6.07) is 11.7. The van der Waals surface area contributed by atoms with E-state index in [4.69, 9.17) is 4.42 Å². The van der Waals surface area contributed by atoms with E-state index in [0.717, 1.165) is 23.4 Å². The van der Waals surface area contributed by atoms with E-state index < -0.39 is 5.60 Å². The van der Waals surface area contributed by atoms with Crippen LogP contribution in [0.15, 0.2) is 62.8 Å². The monoisotopic (exact) mass is 384 g/mol. The van der Waals surface area contributed by atoms with Gasteiger partial charge in [-0.1, -0.05) is 18.2 Å². The maximum atomic E-state index is 10.6. The third kappa shape index (κ3) is 5.18. The van der Waals surface area contributed by atoms with Crippen LogP contribution in [-0.4, -0.2) is 29.1 Å². The topological polar surface area (TPSA) is 82.7 Å². The molecular formula is C20H24N4O2S. The van der Waals surface area contributed by atoms with Crippen molar-refractivity contribution in [3.05, 3.63) is 64.7 Å². The zero-order valence-electron chi connectivity index (χ0n) is 15.5. The molecule has 1 aromatic carbocycles. The van der Waals surface area contributed by atoms with Gasteiger partial charge in [-0.2, -0.15) is 11.3 Å². The van der Waals surface area contributed by atoms with Crippen LogP contribution in [0.2, 0.25) is 0 Å². The number of hydrogen-bond acceptors (Lipinski definition) is 5. The first kappa shape index (κ1) is 19.1. The molecule has 0 aliphatic heterocycles. The fourth-order valence-corrected chi connectivity index (χ4v) is 3.31. The van der Waals surface area contributed by atoms with E-state index in [9.17, 15) is 5.11 Å². The van der Waals surface area contributed by atoms with Crippen molar-refractivity contribution in [2.75, 3.05) is 13.1 Å². The van der Waals surface area contributed by atoms with Crippen molar-refractivity contribution in [3.8, 4) is 11.5 Å². The summed E-state index contributed by atoms with van der Waals surface area (Å²) in [6.45, 7) is 5.24. The van der Waals surface area contributed by atoms with Crippen LogP contribution >= 0.6 is 11.3 Å². The van der Waals surface area contributed by atoms with Gasteiger partial charge >= 0.3 is 0 Å². The Morgan fingerprint density at radius 1 is 1.26 bits per heavy atom. The lowest BCUT2D eigenvalue weighted by Gasteiger charge is -2.24. The molecule has 1 unspecified atom stereocenters. The molecule has 0 saturated heterocycles. The summed E-state index contributed by atoms with van der Waals surface area (Å²) in [5.41, 5.74) is 1.60. The molecule has 1 atom stereocenters. The van der Waals surface area contributed by atoms with Crippen LogP contribution in [0, 0.1) is 0 Å². The highest BCUT2D eigenvalue weighted by molar-refractivity contribution is 7.08. The van der Waals surface area contributed by atoms with E-state index >= 15 is 0 Å². The van der Waals surface area contributed by atoms with Crippen LogP contribution in [0.4, 0.5) is 0 Å². The molecule has 0 spiro atoms. The molecule has 3 rings (SSSR count). The highest BCUT2D eigenvalue weighted by atomic mass is 32.1. The summed E-state index contributed by atoms with van der Waals surface area (Å²) in [7, 11) is 0. The second-order valence-electron chi connectivity index (χ2n) is 6.34. The van der Waals surface area contributed by atoms with Crippen LogP contribution in [0.3, 0.4) is 0 Å². The highest BCUT2D eigenvalue weighted by Gasteiger charge is 2.23. The Hall–Kier alpha value is -2.64. The predicted octanol–water partition coefficient (Wildman–Crippen LogP) is 3.37. The van der Waals surface area contributed by atoms with Gasteiger partial charge in [-0.05, 0) is 48.4 Å². The average molecular weight is 385 g/mol. The summed E-state index contributed by atoms with van der Waals surface area (Å²) in [4.78, 5) is 9.02. The van der Waals surface area contributed by atoms with Gasteiger partial charge in [0, 0.05) is 12.1 Å². The van der Waals surface area contributed by atoms with E-state index in [2.05, 4.69) is 20.6 Å². The van der Waals surface area contributed by atoms with Gasteiger partial charge in [0.25, 0.3) is 0 Å². The molecule has 0 radical (unpaired) electrons. The Kier molecular flexibility index (Phi) is 6.26. The van der Waals surface area contributed by atoms with Crippen LogP contribution < -0.4 is 10.6 Å². The van der Waals surface area contributed by atoms with Crippen molar-refractivity contribution in [1.29, 1.82) is 0 Å². The Labute approximate surface area is 163 Å². The third-order valence-electron chi connectivity index (χ3n) is 4.06. The van der Waals surface area contributed by atoms with E-state index in [1.807, 2.05) is 54.1 Å². The van der Waals surface area contributed by atoms with Gasteiger partial charge < -0.3 is 20.2 Å². The standard InChI is InChI=1S/C20H24N4O2S/c1-3-21-19(23-14-20(2,25)16-9-10-27-13-16)22-11-17-12-26-18(24-17)15-7-5-4-6-8-15/h4-10,12-13,25H,3,11,14H2,1-2H3,(H2,21,22,23). The molecule has 3 aromatic rings. The second kappa shape index (κ2) is 8.83. The first-order valence-electron chi connectivity index (χ1n) is 8.85. The van der Waals surface area contributed by atoms with Gasteiger partial charge in [0.2, 0.25) is 5.89 Å². The Morgan fingerprint density at radius 2 is 2.07 bits per heavy atom. The van der Waals surface area contributed by atoms with Crippen molar-refractivity contribution < 1.29 is 9.52 Å². The average Bonchev–Trinajstić information content (AvgIpc) is 3.37. The number of benzene rings is 1. The van der Waals surface area contributed by atoms with Crippen molar-refractivity contribution in [3.63, 3.8) is 0 Å². The number of nitrogens with one attached hydrogen (secondary N) is 2. The van der Waals surface area contributed by atoms with E-state index in [0.29, 0.717) is 24.9 Å². The normalized spacial score (nSPS) is 14.0.